The van der Waals surface area contributed by atoms with Crippen molar-refractivity contribution in [1.82, 2.24) is 0 Å². The monoisotopic (exact) mass is 406 g/mol. The van der Waals surface area contributed by atoms with Crippen molar-refractivity contribution >= 4 is 61.2 Å². The van der Waals surface area contributed by atoms with Gasteiger partial charge < -0.3 is 19.8 Å². The molecule has 0 unspecified atom stereocenters. The molecule has 2 fully saturated rings. The Bertz CT molecular complexity index is 457. The van der Waals surface area contributed by atoms with Crippen LogP contribution in [0.2, 0.25) is 0 Å². The number of carbonyl (C=O) groups is 4. The second-order valence-corrected chi connectivity index (χ2v) is 7.37. The van der Waals surface area contributed by atoms with Crippen LogP contribution in [0.1, 0.15) is 78.1 Å². The second-order valence-electron chi connectivity index (χ2n) is 7.37. The smallest absolute Gasteiger partial charge is 0.550 e. The molecule has 2 aliphatic carbocycles. The van der Waals surface area contributed by atoms with Gasteiger partial charge in [-0.3, -0.25) is 9.59 Å². The summed E-state index contributed by atoms with van der Waals surface area (Å²) in [5.41, 5.74) is 0. The summed E-state index contributed by atoms with van der Waals surface area (Å²) in [5.74, 6) is -1.78. The summed E-state index contributed by atoms with van der Waals surface area (Å²) in [6.45, 7) is 3.71. The molecule has 6 nitrogen and oxygen atoms in total. The van der Waals surface area contributed by atoms with Gasteiger partial charge in [0, 0.05) is 36.6 Å². The van der Waals surface area contributed by atoms with Gasteiger partial charge in [-0.15, -0.1) is 0 Å². The van der Waals surface area contributed by atoms with Crippen LogP contribution in [0.3, 0.4) is 0 Å². The van der Waals surface area contributed by atoms with Gasteiger partial charge in [-0.2, -0.15) is 0 Å². The predicted octanol–water partition coefficient (Wildman–Crippen LogP) is 0.663. The number of ketones is 2. The zero-order chi connectivity index (χ0) is 19.7. The third kappa shape index (κ3) is 9.05. The van der Waals surface area contributed by atoms with Crippen LogP contribution < -0.4 is 10.2 Å². The van der Waals surface area contributed by atoms with Crippen molar-refractivity contribution in [2.45, 2.75) is 78.1 Å². The molecule has 2 aliphatic rings. The van der Waals surface area contributed by atoms with E-state index in [0.717, 1.165) is 25.7 Å². The van der Waals surface area contributed by atoms with Crippen LogP contribution in [0.4, 0.5) is 0 Å². The molecule has 0 amide bonds. The number of hydrogen-bond donors (Lipinski definition) is 0. The average Bonchev–Trinajstić information content (AvgIpc) is 2.67. The summed E-state index contributed by atoms with van der Waals surface area (Å²) in [6.07, 6.45) is 6.49. The summed E-state index contributed by atoms with van der Waals surface area (Å²) in [7, 11) is 0. The van der Waals surface area contributed by atoms with E-state index >= 15 is 0 Å². The van der Waals surface area contributed by atoms with Crippen molar-refractivity contribution in [2.75, 3.05) is 0 Å². The Kier molecular flexibility index (Phi) is 13.4. The van der Waals surface area contributed by atoms with Crippen molar-refractivity contribution in [3.8, 4) is 0 Å². The van der Waals surface area contributed by atoms with Crippen LogP contribution in [-0.2, 0) is 19.2 Å². The predicted molar refractivity (Wildman–Crippen MR) is 97.3 cm³/mol. The van der Waals surface area contributed by atoms with Gasteiger partial charge in [-0.05, 0) is 63.2 Å². The van der Waals surface area contributed by atoms with Gasteiger partial charge in [0.05, 0.1) is 0 Å². The van der Waals surface area contributed by atoms with Crippen LogP contribution in [0.5, 0.6) is 0 Å². The number of carbonyl (C=O) groups excluding carboxylic acids is 4. The first-order valence-corrected chi connectivity index (χ1v) is 9.77. The third-order valence-electron chi connectivity index (χ3n) is 5.73. The molecule has 0 heterocycles. The fraction of sp³-hybridized carbons (Fsp3) is 0.800. The molecule has 27 heavy (non-hydrogen) atoms. The van der Waals surface area contributed by atoms with Crippen LogP contribution in [0.25, 0.3) is 0 Å². The van der Waals surface area contributed by atoms with Crippen molar-refractivity contribution in [3.05, 3.63) is 0 Å². The molecule has 0 N–H and O–H groups in total. The van der Waals surface area contributed by atoms with Crippen molar-refractivity contribution in [2.24, 2.45) is 23.7 Å². The first kappa shape index (κ1) is 26.5. The molecule has 0 spiro atoms. The SMILES string of the molecule is CCC(=O)C1CCC(C(=O)[O-])CC1.CCC(=O)C1CCC(C(=O)[O-])CC1.[Ca+2]. The fourth-order valence-electron chi connectivity index (χ4n) is 3.88. The molecule has 0 aromatic heterocycles. The number of carboxylic acids is 2. The molecule has 2 rings (SSSR count). The Hall–Kier alpha value is -0.460. The number of rotatable bonds is 6. The zero-order valence-corrected chi connectivity index (χ0v) is 18.7. The maximum Gasteiger partial charge on any atom is 2.00 e. The van der Waals surface area contributed by atoms with Crippen LogP contribution in [-0.4, -0.2) is 61.2 Å². The summed E-state index contributed by atoms with van der Waals surface area (Å²) < 4.78 is 0. The molecular weight excluding hydrogens is 376 g/mol. The number of aliphatic carboxylic acids is 2. The van der Waals surface area contributed by atoms with Crippen LogP contribution in [0, 0.1) is 23.7 Å². The van der Waals surface area contributed by atoms with Gasteiger partial charge in [-0.25, -0.2) is 0 Å². The summed E-state index contributed by atoms with van der Waals surface area (Å²) in [5, 5.41) is 21.0. The van der Waals surface area contributed by atoms with Crippen molar-refractivity contribution in [3.63, 3.8) is 0 Å². The van der Waals surface area contributed by atoms with E-state index in [0.29, 0.717) is 38.5 Å². The first-order valence-electron chi connectivity index (χ1n) is 9.77. The fourth-order valence-corrected chi connectivity index (χ4v) is 3.88. The van der Waals surface area contributed by atoms with E-state index in [1.54, 1.807) is 0 Å². The van der Waals surface area contributed by atoms with Crippen molar-refractivity contribution in [1.29, 1.82) is 0 Å². The molecule has 0 aliphatic heterocycles. The number of hydrogen-bond acceptors (Lipinski definition) is 6. The molecule has 7 heteroatoms. The topological polar surface area (TPSA) is 114 Å². The van der Waals surface area contributed by atoms with Gasteiger partial charge >= 0.3 is 37.7 Å². The molecule has 0 aromatic rings. The van der Waals surface area contributed by atoms with E-state index < -0.39 is 11.9 Å². The van der Waals surface area contributed by atoms with Gasteiger partial charge in [0.25, 0.3) is 0 Å². The minimum atomic E-state index is -0.956. The zero-order valence-electron chi connectivity index (χ0n) is 16.5. The van der Waals surface area contributed by atoms with E-state index in [9.17, 15) is 29.4 Å². The molecule has 0 bridgehead atoms. The second kappa shape index (κ2) is 13.7. The van der Waals surface area contributed by atoms with Crippen LogP contribution in [0.15, 0.2) is 0 Å². The largest absolute Gasteiger partial charge is 2.00 e. The number of Topliss-reactive ketones (excluding diaryl/α,β-unsaturated/α-hetero) is 2. The molecule has 0 saturated heterocycles. The van der Waals surface area contributed by atoms with Gasteiger partial charge in [-0.1, -0.05) is 13.8 Å². The molecule has 0 aromatic carbocycles. The Morgan fingerprint density at radius 3 is 1.00 bits per heavy atom. The van der Waals surface area contributed by atoms with Gasteiger partial charge in [0.1, 0.15) is 11.6 Å². The van der Waals surface area contributed by atoms with Crippen molar-refractivity contribution < 1.29 is 29.4 Å². The normalized spacial score (nSPS) is 27.3. The van der Waals surface area contributed by atoms with Gasteiger partial charge in [0.15, 0.2) is 0 Å². The third-order valence-corrected chi connectivity index (χ3v) is 5.73. The Morgan fingerprint density at radius 1 is 0.593 bits per heavy atom. The quantitative estimate of drug-likeness (QED) is 0.599. The molecule has 148 valence electrons. The van der Waals surface area contributed by atoms with E-state index in [4.69, 9.17) is 0 Å². The summed E-state index contributed by atoms with van der Waals surface area (Å²) in [4.78, 5) is 43.6. The Balaban J connectivity index is 0.000000483. The summed E-state index contributed by atoms with van der Waals surface area (Å²) >= 11 is 0. The molecule has 0 radical (unpaired) electrons. The molecule has 0 atom stereocenters. The number of carboxylic acid groups (broad SMARTS) is 2. The Labute approximate surface area is 191 Å². The maximum atomic E-state index is 11.3. The summed E-state index contributed by atoms with van der Waals surface area (Å²) in [6, 6.07) is 0. The van der Waals surface area contributed by atoms with E-state index in [1.807, 2.05) is 13.8 Å². The average molecular weight is 407 g/mol. The molecular formula is C20H30CaO6. The molecule has 2 saturated carbocycles. The first-order chi connectivity index (χ1) is 12.3. The van der Waals surface area contributed by atoms with Gasteiger partial charge in [0.2, 0.25) is 0 Å². The van der Waals surface area contributed by atoms with Crippen LogP contribution >= 0.6 is 0 Å². The minimum Gasteiger partial charge on any atom is -0.550 e. The van der Waals surface area contributed by atoms with E-state index in [1.165, 1.54) is 0 Å². The minimum absolute atomic E-state index is 0. The standard InChI is InChI=1S/2C10H16O3.Ca/c2*1-2-9(11)7-3-5-8(6-4-7)10(12)13;/h2*7-8H,2-6H2,1H3,(H,12,13);/q;;+2/p-2. The van der Waals surface area contributed by atoms with E-state index in [2.05, 4.69) is 0 Å². The van der Waals surface area contributed by atoms with E-state index in [-0.39, 0.29) is 73.0 Å². The Morgan fingerprint density at radius 2 is 0.815 bits per heavy atom. The maximum absolute atomic E-state index is 11.3.